The lowest BCUT2D eigenvalue weighted by molar-refractivity contribution is 0.474. The average Bonchev–Trinajstić information content (AvgIpc) is 1.98. The van der Waals surface area contributed by atoms with E-state index in [0.717, 1.165) is 0 Å². The summed E-state index contributed by atoms with van der Waals surface area (Å²) < 4.78 is 0. The molecule has 0 saturated heterocycles. The summed E-state index contributed by atoms with van der Waals surface area (Å²) in [5.74, 6) is 0.194. The Morgan fingerprint density at radius 2 is 2.27 bits per heavy atom. The van der Waals surface area contributed by atoms with Crippen molar-refractivity contribution in [2.75, 3.05) is 7.05 Å². The molecule has 0 aromatic heterocycles. The summed E-state index contributed by atoms with van der Waals surface area (Å²) in [6.45, 7) is 0. The van der Waals surface area contributed by atoms with Crippen molar-refractivity contribution in [2.24, 2.45) is 4.99 Å². The first-order valence-electron chi connectivity index (χ1n) is 3.14. The number of phenols is 1. The molecule has 0 bridgehead atoms. The van der Waals surface area contributed by atoms with Crippen molar-refractivity contribution in [1.82, 2.24) is 0 Å². The number of halogens is 1. The smallest absolute Gasteiger partial charge is 0.124 e. The van der Waals surface area contributed by atoms with Crippen molar-refractivity contribution in [2.45, 2.75) is 0 Å². The van der Waals surface area contributed by atoms with E-state index in [0.29, 0.717) is 10.6 Å². The van der Waals surface area contributed by atoms with Crippen molar-refractivity contribution in [3.8, 4) is 5.75 Å². The minimum absolute atomic E-state index is 0.194. The molecule has 0 amide bonds. The molecular formula is C8H8ClNO. The molecule has 0 unspecified atom stereocenters. The normalized spacial score (nSPS) is 10.7. The zero-order valence-corrected chi connectivity index (χ0v) is 6.84. The van der Waals surface area contributed by atoms with Crippen LogP contribution in [0, 0.1) is 0 Å². The highest BCUT2D eigenvalue weighted by molar-refractivity contribution is 6.30. The minimum Gasteiger partial charge on any atom is -0.507 e. The number of phenolic OH excluding ortho intramolecular Hbond substituents is 1. The molecular weight excluding hydrogens is 162 g/mol. The Bertz CT molecular complexity index is 283. The van der Waals surface area contributed by atoms with E-state index in [-0.39, 0.29) is 5.75 Å². The van der Waals surface area contributed by atoms with Crippen LogP contribution in [0.15, 0.2) is 23.2 Å². The Balaban J connectivity index is 3.12. The summed E-state index contributed by atoms with van der Waals surface area (Å²) in [4.78, 5) is 3.76. The highest BCUT2D eigenvalue weighted by atomic mass is 35.5. The molecule has 3 heteroatoms. The third-order valence-corrected chi connectivity index (χ3v) is 1.49. The second-order valence-corrected chi connectivity index (χ2v) is 2.53. The van der Waals surface area contributed by atoms with Gasteiger partial charge in [-0.3, -0.25) is 4.99 Å². The van der Waals surface area contributed by atoms with E-state index < -0.39 is 0 Å². The summed E-state index contributed by atoms with van der Waals surface area (Å²) in [6, 6.07) is 4.83. The molecule has 0 saturated carbocycles. The molecule has 2 nitrogen and oxygen atoms in total. The highest BCUT2D eigenvalue weighted by Crippen LogP contribution is 2.19. The van der Waals surface area contributed by atoms with Crippen LogP contribution in [0.5, 0.6) is 5.75 Å². The fraction of sp³-hybridized carbons (Fsp3) is 0.125. The maximum absolute atomic E-state index is 9.22. The maximum Gasteiger partial charge on any atom is 0.124 e. The molecule has 0 aliphatic rings. The largest absolute Gasteiger partial charge is 0.507 e. The first kappa shape index (κ1) is 8.08. The van der Waals surface area contributed by atoms with Gasteiger partial charge in [-0.2, -0.15) is 0 Å². The van der Waals surface area contributed by atoms with Crippen LogP contribution in [0.2, 0.25) is 5.02 Å². The van der Waals surface area contributed by atoms with Gasteiger partial charge in [0.2, 0.25) is 0 Å². The van der Waals surface area contributed by atoms with Crippen LogP contribution in [0.3, 0.4) is 0 Å². The van der Waals surface area contributed by atoms with Crippen molar-refractivity contribution in [1.29, 1.82) is 0 Å². The van der Waals surface area contributed by atoms with Crippen LogP contribution in [-0.4, -0.2) is 18.4 Å². The summed E-state index contributed by atoms with van der Waals surface area (Å²) in [7, 11) is 1.64. The second-order valence-electron chi connectivity index (χ2n) is 2.09. The van der Waals surface area contributed by atoms with Crippen molar-refractivity contribution >= 4 is 17.8 Å². The molecule has 58 valence electrons. The summed E-state index contributed by atoms with van der Waals surface area (Å²) in [5, 5.41) is 9.81. The van der Waals surface area contributed by atoms with Crippen LogP contribution in [0.25, 0.3) is 0 Å². The van der Waals surface area contributed by atoms with Gasteiger partial charge in [0.1, 0.15) is 5.75 Å². The lowest BCUT2D eigenvalue weighted by Gasteiger charge is -1.97. The molecule has 1 aromatic rings. The topological polar surface area (TPSA) is 32.6 Å². The summed E-state index contributed by atoms with van der Waals surface area (Å²) >= 11 is 5.68. The fourth-order valence-corrected chi connectivity index (χ4v) is 0.948. The van der Waals surface area contributed by atoms with Crippen LogP contribution in [0.1, 0.15) is 5.56 Å². The second kappa shape index (κ2) is 3.39. The third-order valence-electron chi connectivity index (χ3n) is 1.26. The predicted octanol–water partition coefficient (Wildman–Crippen LogP) is 2.09. The molecule has 0 heterocycles. The molecule has 1 rings (SSSR count). The Hall–Kier alpha value is -1.02. The molecule has 0 aliphatic heterocycles. The number of aliphatic imine (C=N–C) groups is 1. The molecule has 0 atom stereocenters. The van der Waals surface area contributed by atoms with Crippen LogP contribution in [0.4, 0.5) is 0 Å². The average molecular weight is 170 g/mol. The van der Waals surface area contributed by atoms with Crippen LogP contribution < -0.4 is 0 Å². The zero-order valence-electron chi connectivity index (χ0n) is 6.08. The Morgan fingerprint density at radius 1 is 1.55 bits per heavy atom. The van der Waals surface area contributed by atoms with E-state index >= 15 is 0 Å². The van der Waals surface area contributed by atoms with E-state index in [1.165, 1.54) is 0 Å². The molecule has 11 heavy (non-hydrogen) atoms. The lowest BCUT2D eigenvalue weighted by Crippen LogP contribution is -1.81. The molecule has 0 fully saturated rings. The van der Waals surface area contributed by atoms with Gasteiger partial charge >= 0.3 is 0 Å². The van der Waals surface area contributed by atoms with E-state index in [2.05, 4.69) is 4.99 Å². The number of hydrogen-bond acceptors (Lipinski definition) is 2. The quantitative estimate of drug-likeness (QED) is 0.642. The van der Waals surface area contributed by atoms with Crippen LogP contribution >= 0.6 is 11.6 Å². The van der Waals surface area contributed by atoms with E-state index in [4.69, 9.17) is 11.6 Å². The van der Waals surface area contributed by atoms with Crippen molar-refractivity contribution in [3.63, 3.8) is 0 Å². The van der Waals surface area contributed by atoms with Gasteiger partial charge < -0.3 is 5.11 Å². The molecule has 0 radical (unpaired) electrons. The third kappa shape index (κ3) is 1.95. The van der Waals surface area contributed by atoms with Gasteiger partial charge in [-0.15, -0.1) is 0 Å². The van der Waals surface area contributed by atoms with Gasteiger partial charge in [-0.05, 0) is 18.2 Å². The van der Waals surface area contributed by atoms with E-state index in [1.807, 2.05) is 0 Å². The Labute approximate surface area is 70.2 Å². The maximum atomic E-state index is 9.22. The van der Waals surface area contributed by atoms with Gasteiger partial charge in [0.05, 0.1) is 0 Å². The van der Waals surface area contributed by atoms with Gasteiger partial charge in [-0.1, -0.05) is 11.6 Å². The first-order valence-corrected chi connectivity index (χ1v) is 3.52. The first-order chi connectivity index (χ1) is 5.24. The van der Waals surface area contributed by atoms with Gasteiger partial charge in [0, 0.05) is 23.8 Å². The van der Waals surface area contributed by atoms with Gasteiger partial charge in [0.15, 0.2) is 0 Å². The minimum atomic E-state index is 0.194. The predicted molar refractivity (Wildman–Crippen MR) is 46.6 cm³/mol. The van der Waals surface area contributed by atoms with Gasteiger partial charge in [0.25, 0.3) is 0 Å². The molecule has 1 N–H and O–H groups in total. The Morgan fingerprint density at radius 3 is 2.91 bits per heavy atom. The highest BCUT2D eigenvalue weighted by Gasteiger charge is 1.97. The van der Waals surface area contributed by atoms with Crippen LogP contribution in [-0.2, 0) is 0 Å². The standard InChI is InChI=1S/C8H8ClNO/c1-10-5-6-4-7(9)2-3-8(6)11/h2-5,11H,1H3. The Kier molecular flexibility index (Phi) is 2.49. The summed E-state index contributed by atoms with van der Waals surface area (Å²) in [5.41, 5.74) is 0.639. The number of nitrogens with zero attached hydrogens (tertiary/aromatic N) is 1. The SMILES string of the molecule is CN=Cc1cc(Cl)ccc1O. The fourth-order valence-electron chi connectivity index (χ4n) is 0.768. The number of hydrogen-bond donors (Lipinski definition) is 1. The number of benzene rings is 1. The number of aromatic hydroxyl groups is 1. The molecule has 1 aromatic carbocycles. The van der Waals surface area contributed by atoms with E-state index in [1.54, 1.807) is 31.5 Å². The number of rotatable bonds is 1. The molecule has 0 spiro atoms. The van der Waals surface area contributed by atoms with Gasteiger partial charge in [-0.25, -0.2) is 0 Å². The van der Waals surface area contributed by atoms with Crippen molar-refractivity contribution in [3.05, 3.63) is 28.8 Å². The summed E-state index contributed by atoms with van der Waals surface area (Å²) in [6.07, 6.45) is 1.56. The zero-order chi connectivity index (χ0) is 8.27. The molecule has 0 aliphatic carbocycles. The van der Waals surface area contributed by atoms with E-state index in [9.17, 15) is 5.11 Å². The monoisotopic (exact) mass is 169 g/mol. The lowest BCUT2D eigenvalue weighted by atomic mass is 10.2. The van der Waals surface area contributed by atoms with Crippen molar-refractivity contribution < 1.29 is 5.11 Å².